The SMILES string of the molecule is O=Cc1c(C(=O)O)[nH]c2cc3c(cc12)OCO3. The standard InChI is InChI=1S/C11H7NO5/c13-3-6-5-1-8-9(17-4-16-8)2-7(5)12-10(6)11(14)15/h1-3,12H,4H2,(H,14,15). The van der Waals surface area contributed by atoms with Gasteiger partial charge in [-0.2, -0.15) is 0 Å². The smallest absolute Gasteiger partial charge is 0.353 e. The number of carboxylic acid groups (broad SMARTS) is 1. The van der Waals surface area contributed by atoms with Gasteiger partial charge in [0.1, 0.15) is 5.69 Å². The third-order valence-electron chi connectivity index (χ3n) is 2.66. The molecule has 1 aromatic carbocycles. The highest BCUT2D eigenvalue weighted by Gasteiger charge is 2.21. The molecule has 86 valence electrons. The Hall–Kier alpha value is -2.50. The van der Waals surface area contributed by atoms with Crippen molar-refractivity contribution in [3.63, 3.8) is 0 Å². The van der Waals surface area contributed by atoms with Gasteiger partial charge < -0.3 is 19.6 Å². The molecule has 2 aromatic rings. The zero-order valence-electron chi connectivity index (χ0n) is 8.52. The molecule has 0 saturated carbocycles. The Bertz CT molecular complexity index is 643. The zero-order valence-corrected chi connectivity index (χ0v) is 8.52. The molecule has 0 fully saturated rings. The van der Waals surface area contributed by atoms with Crippen LogP contribution in [-0.4, -0.2) is 29.1 Å². The molecule has 0 radical (unpaired) electrons. The van der Waals surface area contributed by atoms with Crippen molar-refractivity contribution >= 4 is 23.2 Å². The molecular weight excluding hydrogens is 226 g/mol. The summed E-state index contributed by atoms with van der Waals surface area (Å²) >= 11 is 0. The number of H-pyrrole nitrogens is 1. The van der Waals surface area contributed by atoms with Crippen LogP contribution in [0.3, 0.4) is 0 Å². The van der Waals surface area contributed by atoms with Gasteiger partial charge in [-0.3, -0.25) is 4.79 Å². The number of carboxylic acids is 1. The second-order valence-electron chi connectivity index (χ2n) is 3.59. The molecular formula is C11H7NO5. The van der Waals surface area contributed by atoms with Gasteiger partial charge in [0.15, 0.2) is 17.8 Å². The Morgan fingerprint density at radius 3 is 2.71 bits per heavy atom. The average molecular weight is 233 g/mol. The van der Waals surface area contributed by atoms with Crippen LogP contribution in [0.25, 0.3) is 10.9 Å². The summed E-state index contributed by atoms with van der Waals surface area (Å²) in [5.74, 6) is -0.130. The molecule has 0 atom stereocenters. The number of aromatic nitrogens is 1. The molecule has 0 aliphatic carbocycles. The summed E-state index contributed by atoms with van der Waals surface area (Å²) in [5, 5.41) is 9.47. The minimum Gasteiger partial charge on any atom is -0.477 e. The van der Waals surface area contributed by atoms with Crippen molar-refractivity contribution in [3.05, 3.63) is 23.4 Å². The summed E-state index contributed by atoms with van der Waals surface area (Å²) in [4.78, 5) is 24.6. The first-order chi connectivity index (χ1) is 8.20. The van der Waals surface area contributed by atoms with E-state index in [1.54, 1.807) is 12.1 Å². The van der Waals surface area contributed by atoms with E-state index in [4.69, 9.17) is 14.6 Å². The van der Waals surface area contributed by atoms with Crippen LogP contribution in [0.1, 0.15) is 20.8 Å². The van der Waals surface area contributed by atoms with Gasteiger partial charge in [0.25, 0.3) is 0 Å². The number of aromatic carboxylic acids is 1. The number of aldehydes is 1. The molecule has 0 spiro atoms. The lowest BCUT2D eigenvalue weighted by Crippen LogP contribution is -2.00. The fourth-order valence-electron chi connectivity index (χ4n) is 1.90. The molecule has 6 nitrogen and oxygen atoms in total. The lowest BCUT2D eigenvalue weighted by molar-refractivity contribution is 0.0688. The zero-order chi connectivity index (χ0) is 12.0. The van der Waals surface area contributed by atoms with Crippen molar-refractivity contribution in [1.29, 1.82) is 0 Å². The summed E-state index contributed by atoms with van der Waals surface area (Å²) < 4.78 is 10.3. The van der Waals surface area contributed by atoms with E-state index in [1.807, 2.05) is 0 Å². The highest BCUT2D eigenvalue weighted by atomic mass is 16.7. The van der Waals surface area contributed by atoms with Gasteiger partial charge in [-0.05, 0) is 6.07 Å². The summed E-state index contributed by atoms with van der Waals surface area (Å²) in [6, 6.07) is 3.22. The normalized spacial score (nSPS) is 12.9. The van der Waals surface area contributed by atoms with Crippen LogP contribution < -0.4 is 9.47 Å². The Morgan fingerprint density at radius 2 is 2.06 bits per heavy atom. The van der Waals surface area contributed by atoms with Crippen molar-refractivity contribution in [2.45, 2.75) is 0 Å². The van der Waals surface area contributed by atoms with Gasteiger partial charge in [0, 0.05) is 11.5 Å². The maximum Gasteiger partial charge on any atom is 0.353 e. The first-order valence-electron chi connectivity index (χ1n) is 4.84. The lowest BCUT2D eigenvalue weighted by Gasteiger charge is -1.95. The maximum atomic E-state index is 11.0. The van der Waals surface area contributed by atoms with Gasteiger partial charge in [-0.15, -0.1) is 0 Å². The van der Waals surface area contributed by atoms with E-state index in [0.717, 1.165) is 0 Å². The number of carbonyl (C=O) groups is 2. The lowest BCUT2D eigenvalue weighted by atomic mass is 10.1. The van der Waals surface area contributed by atoms with Crippen LogP contribution >= 0.6 is 0 Å². The second kappa shape index (κ2) is 3.24. The molecule has 2 heterocycles. The molecule has 1 aromatic heterocycles. The Balaban J connectivity index is 2.35. The molecule has 0 amide bonds. The van der Waals surface area contributed by atoms with E-state index in [9.17, 15) is 9.59 Å². The molecule has 0 unspecified atom stereocenters. The van der Waals surface area contributed by atoms with Crippen molar-refractivity contribution in [2.24, 2.45) is 0 Å². The summed E-state index contributed by atoms with van der Waals surface area (Å²) in [6.45, 7) is 0.129. The van der Waals surface area contributed by atoms with E-state index < -0.39 is 5.97 Å². The number of benzene rings is 1. The van der Waals surface area contributed by atoms with Gasteiger partial charge in [0.2, 0.25) is 6.79 Å². The Labute approximate surface area is 94.8 Å². The Kier molecular flexibility index (Phi) is 1.85. The van der Waals surface area contributed by atoms with E-state index >= 15 is 0 Å². The molecule has 3 rings (SSSR count). The monoisotopic (exact) mass is 233 g/mol. The molecule has 2 N–H and O–H groups in total. The summed E-state index contributed by atoms with van der Waals surface area (Å²) in [5.41, 5.74) is 0.526. The number of hydrogen-bond acceptors (Lipinski definition) is 4. The second-order valence-corrected chi connectivity index (χ2v) is 3.59. The fraction of sp³-hybridized carbons (Fsp3) is 0.0909. The van der Waals surface area contributed by atoms with Gasteiger partial charge >= 0.3 is 5.97 Å². The van der Waals surface area contributed by atoms with E-state index in [1.165, 1.54) is 0 Å². The van der Waals surface area contributed by atoms with E-state index in [0.29, 0.717) is 28.7 Å². The number of hydrogen-bond donors (Lipinski definition) is 2. The minimum atomic E-state index is -1.18. The van der Waals surface area contributed by atoms with Crippen LogP contribution in [0.15, 0.2) is 12.1 Å². The Morgan fingerprint density at radius 1 is 1.35 bits per heavy atom. The first kappa shape index (κ1) is 9.71. The number of ether oxygens (including phenoxy) is 2. The topological polar surface area (TPSA) is 88.6 Å². The number of fused-ring (bicyclic) bond motifs is 2. The third-order valence-corrected chi connectivity index (χ3v) is 2.66. The van der Waals surface area contributed by atoms with Crippen molar-refractivity contribution in [2.75, 3.05) is 6.79 Å². The largest absolute Gasteiger partial charge is 0.477 e. The predicted molar refractivity (Wildman–Crippen MR) is 56.8 cm³/mol. The van der Waals surface area contributed by atoms with Gasteiger partial charge in [-0.25, -0.2) is 4.79 Å². The van der Waals surface area contributed by atoms with Crippen molar-refractivity contribution < 1.29 is 24.2 Å². The predicted octanol–water partition coefficient (Wildman–Crippen LogP) is 1.41. The van der Waals surface area contributed by atoms with Crippen LogP contribution in [0.4, 0.5) is 0 Å². The number of carbonyl (C=O) groups excluding carboxylic acids is 1. The summed E-state index contributed by atoms with van der Waals surface area (Å²) in [6.07, 6.45) is 0.518. The van der Waals surface area contributed by atoms with Crippen LogP contribution in [0, 0.1) is 0 Å². The average Bonchev–Trinajstić information content (AvgIpc) is 2.87. The van der Waals surface area contributed by atoms with Crippen molar-refractivity contribution in [1.82, 2.24) is 4.98 Å². The van der Waals surface area contributed by atoms with Crippen molar-refractivity contribution in [3.8, 4) is 11.5 Å². The quantitative estimate of drug-likeness (QED) is 0.765. The molecule has 1 aliphatic rings. The molecule has 17 heavy (non-hydrogen) atoms. The molecule has 0 saturated heterocycles. The van der Waals surface area contributed by atoms with Crippen LogP contribution in [0.2, 0.25) is 0 Å². The number of rotatable bonds is 2. The van der Waals surface area contributed by atoms with Gasteiger partial charge in [0.05, 0.1) is 11.1 Å². The fourth-order valence-corrected chi connectivity index (χ4v) is 1.90. The van der Waals surface area contributed by atoms with Gasteiger partial charge in [-0.1, -0.05) is 0 Å². The van der Waals surface area contributed by atoms with Crippen LogP contribution in [0.5, 0.6) is 11.5 Å². The summed E-state index contributed by atoms with van der Waals surface area (Å²) in [7, 11) is 0. The number of aromatic amines is 1. The maximum absolute atomic E-state index is 11.0. The molecule has 1 aliphatic heterocycles. The van der Waals surface area contributed by atoms with E-state index in [2.05, 4.69) is 4.98 Å². The first-order valence-corrected chi connectivity index (χ1v) is 4.84. The molecule has 6 heteroatoms. The molecule has 0 bridgehead atoms. The van der Waals surface area contributed by atoms with Crippen LogP contribution in [-0.2, 0) is 0 Å². The third kappa shape index (κ3) is 1.27. The highest BCUT2D eigenvalue weighted by Crippen LogP contribution is 2.37. The number of nitrogens with one attached hydrogen (secondary N) is 1. The van der Waals surface area contributed by atoms with E-state index in [-0.39, 0.29) is 18.1 Å². The minimum absolute atomic E-state index is 0.116. The highest BCUT2D eigenvalue weighted by molar-refractivity contribution is 6.08.